The van der Waals surface area contributed by atoms with Crippen LogP contribution in [0.1, 0.15) is 44.4 Å². The molecule has 170 valence electrons. The van der Waals surface area contributed by atoms with E-state index >= 15 is 0 Å². The molecule has 31 heavy (non-hydrogen) atoms. The molecule has 3 rings (SSSR count). The van der Waals surface area contributed by atoms with E-state index in [4.69, 9.17) is 4.42 Å². The maximum Gasteiger partial charge on any atom is 0.416 e. The van der Waals surface area contributed by atoms with Crippen molar-refractivity contribution in [2.24, 2.45) is 5.92 Å². The number of rotatable bonds is 7. The molecule has 0 spiro atoms. The molecule has 2 aromatic rings. The fourth-order valence-electron chi connectivity index (χ4n) is 3.92. The number of halogens is 3. The molecule has 1 amide bonds. The van der Waals surface area contributed by atoms with Gasteiger partial charge in [0.1, 0.15) is 11.5 Å². The predicted molar refractivity (Wildman–Crippen MR) is 111 cm³/mol. The van der Waals surface area contributed by atoms with Gasteiger partial charge in [0.05, 0.1) is 23.6 Å². The zero-order chi connectivity index (χ0) is 22.8. The molecule has 0 radical (unpaired) electrons. The van der Waals surface area contributed by atoms with Gasteiger partial charge in [0.25, 0.3) is 0 Å². The molecule has 1 aliphatic heterocycles. The van der Waals surface area contributed by atoms with Crippen LogP contribution in [0.25, 0.3) is 11.3 Å². The fourth-order valence-corrected chi connectivity index (χ4v) is 5.65. The van der Waals surface area contributed by atoms with Gasteiger partial charge >= 0.3 is 6.18 Å². The summed E-state index contributed by atoms with van der Waals surface area (Å²) >= 11 is 0. The van der Waals surface area contributed by atoms with Gasteiger partial charge < -0.3 is 9.32 Å². The summed E-state index contributed by atoms with van der Waals surface area (Å²) in [5.74, 6) is 0.273. The van der Waals surface area contributed by atoms with Gasteiger partial charge in [-0.3, -0.25) is 4.79 Å². The largest absolute Gasteiger partial charge is 0.459 e. The Morgan fingerprint density at radius 3 is 2.48 bits per heavy atom. The van der Waals surface area contributed by atoms with Gasteiger partial charge in [-0.25, -0.2) is 8.42 Å². The number of amides is 1. The lowest BCUT2D eigenvalue weighted by Gasteiger charge is -2.30. The van der Waals surface area contributed by atoms with E-state index in [1.54, 1.807) is 17.0 Å². The maximum atomic E-state index is 13.1. The molecule has 0 bridgehead atoms. The number of carbonyl (C=O) groups excluding carboxylic acids is 1. The number of alkyl halides is 3. The number of hydrogen-bond donors (Lipinski definition) is 0. The second kappa shape index (κ2) is 9.06. The highest BCUT2D eigenvalue weighted by Gasteiger charge is 2.37. The van der Waals surface area contributed by atoms with Crippen LogP contribution in [0.2, 0.25) is 0 Å². The van der Waals surface area contributed by atoms with E-state index in [9.17, 15) is 26.4 Å². The first-order chi connectivity index (χ1) is 14.5. The summed E-state index contributed by atoms with van der Waals surface area (Å²) in [6.45, 7) is 3.90. The first-order valence-corrected chi connectivity index (χ1v) is 12.1. The minimum atomic E-state index is -4.46. The molecular formula is C22H26F3NO4S. The minimum Gasteiger partial charge on any atom is -0.459 e. The van der Waals surface area contributed by atoms with Crippen LogP contribution in [0.3, 0.4) is 0 Å². The molecule has 1 aliphatic rings. The fraction of sp³-hybridized carbons (Fsp3) is 0.500. The molecule has 2 heterocycles. The van der Waals surface area contributed by atoms with E-state index in [1.165, 1.54) is 12.1 Å². The van der Waals surface area contributed by atoms with E-state index < -0.39 is 27.6 Å². The summed E-state index contributed by atoms with van der Waals surface area (Å²) < 4.78 is 68.7. The third-order valence-corrected chi connectivity index (χ3v) is 7.48. The van der Waals surface area contributed by atoms with Gasteiger partial charge in [-0.05, 0) is 43.5 Å². The Balaban J connectivity index is 1.86. The van der Waals surface area contributed by atoms with Crippen LogP contribution in [0.5, 0.6) is 0 Å². The molecule has 1 atom stereocenters. The number of nitrogens with zero attached hydrogens (tertiary/aromatic N) is 1. The Bertz CT molecular complexity index is 1030. The van der Waals surface area contributed by atoms with Crippen molar-refractivity contribution in [1.29, 1.82) is 0 Å². The monoisotopic (exact) mass is 457 g/mol. The Morgan fingerprint density at radius 1 is 1.19 bits per heavy atom. The van der Waals surface area contributed by atoms with Crippen LogP contribution in [-0.2, 0) is 27.4 Å². The van der Waals surface area contributed by atoms with Crippen LogP contribution >= 0.6 is 0 Å². The van der Waals surface area contributed by atoms with Crippen LogP contribution in [0.4, 0.5) is 13.2 Å². The molecule has 1 fully saturated rings. The summed E-state index contributed by atoms with van der Waals surface area (Å²) in [7, 11) is -3.19. The zero-order valence-corrected chi connectivity index (χ0v) is 18.3. The highest BCUT2D eigenvalue weighted by molar-refractivity contribution is 7.91. The van der Waals surface area contributed by atoms with Gasteiger partial charge in [-0.15, -0.1) is 0 Å². The number of benzene rings is 1. The summed E-state index contributed by atoms with van der Waals surface area (Å²) in [6, 6.07) is 7.59. The van der Waals surface area contributed by atoms with Gasteiger partial charge in [-0.1, -0.05) is 26.0 Å². The summed E-state index contributed by atoms with van der Waals surface area (Å²) in [6.07, 6.45) is -2.81. The molecule has 0 aliphatic carbocycles. The standard InChI is InChI=1S/C22H26F3NO4S/c1-3-15(4-2)21(27)26(18-10-11-31(28,29)14-18)13-19-8-9-20(30-19)16-6-5-7-17(12-16)22(23,24)25/h5-9,12,15,18H,3-4,10-11,13-14H2,1-2H3/t18-/m0/s1. The van der Waals surface area contributed by atoms with E-state index in [1.807, 2.05) is 13.8 Å². The summed E-state index contributed by atoms with van der Waals surface area (Å²) in [5, 5.41) is 0. The van der Waals surface area contributed by atoms with Crippen LogP contribution in [0.15, 0.2) is 40.8 Å². The maximum absolute atomic E-state index is 13.1. The van der Waals surface area contributed by atoms with Crippen molar-refractivity contribution in [3.8, 4) is 11.3 Å². The highest BCUT2D eigenvalue weighted by atomic mass is 32.2. The predicted octanol–water partition coefficient (Wildman–Crippen LogP) is 4.92. The Morgan fingerprint density at radius 2 is 1.90 bits per heavy atom. The second-order valence-corrected chi connectivity index (χ2v) is 10.1. The van der Waals surface area contributed by atoms with Crippen LogP contribution in [-0.4, -0.2) is 36.8 Å². The van der Waals surface area contributed by atoms with E-state index in [0.717, 1.165) is 12.1 Å². The topological polar surface area (TPSA) is 67.6 Å². The third-order valence-electron chi connectivity index (χ3n) is 5.73. The number of sulfone groups is 1. The van der Waals surface area contributed by atoms with Crippen LogP contribution < -0.4 is 0 Å². The van der Waals surface area contributed by atoms with Crippen molar-refractivity contribution in [3.05, 3.63) is 47.7 Å². The van der Waals surface area contributed by atoms with E-state index in [0.29, 0.717) is 25.0 Å². The number of hydrogen-bond acceptors (Lipinski definition) is 4. The molecule has 5 nitrogen and oxygen atoms in total. The zero-order valence-electron chi connectivity index (χ0n) is 17.5. The number of furan rings is 1. The quantitative estimate of drug-likeness (QED) is 0.592. The lowest BCUT2D eigenvalue weighted by Crippen LogP contribution is -2.43. The first kappa shape index (κ1) is 23.4. The third kappa shape index (κ3) is 5.50. The molecule has 1 aromatic carbocycles. The lowest BCUT2D eigenvalue weighted by atomic mass is 10.0. The second-order valence-electron chi connectivity index (χ2n) is 7.88. The normalized spacial score (nSPS) is 18.5. The Hall–Kier alpha value is -2.29. The minimum absolute atomic E-state index is 0.0397. The summed E-state index contributed by atoms with van der Waals surface area (Å²) in [4.78, 5) is 14.7. The van der Waals surface area contributed by atoms with E-state index in [2.05, 4.69) is 0 Å². The highest BCUT2D eigenvalue weighted by Crippen LogP contribution is 2.33. The van der Waals surface area contributed by atoms with Crippen molar-refractivity contribution in [2.45, 2.75) is 51.9 Å². The average molecular weight is 458 g/mol. The van der Waals surface area contributed by atoms with Gasteiger partial charge in [0.2, 0.25) is 5.91 Å². The summed E-state index contributed by atoms with van der Waals surface area (Å²) in [5.41, 5.74) is -0.493. The Labute approximate surface area is 180 Å². The molecule has 9 heteroatoms. The smallest absolute Gasteiger partial charge is 0.416 e. The SMILES string of the molecule is CCC(CC)C(=O)N(Cc1ccc(-c2cccc(C(F)(F)F)c2)o1)[C@H]1CCS(=O)(=O)C1. The molecule has 0 N–H and O–H groups in total. The van der Waals surface area contributed by atoms with Crippen molar-refractivity contribution >= 4 is 15.7 Å². The van der Waals surface area contributed by atoms with Crippen molar-refractivity contribution in [2.75, 3.05) is 11.5 Å². The van der Waals surface area contributed by atoms with Crippen molar-refractivity contribution in [3.63, 3.8) is 0 Å². The van der Waals surface area contributed by atoms with Gasteiger partial charge in [0, 0.05) is 17.5 Å². The van der Waals surface area contributed by atoms with Crippen LogP contribution in [0, 0.1) is 5.92 Å². The first-order valence-electron chi connectivity index (χ1n) is 10.3. The molecule has 1 aromatic heterocycles. The van der Waals surface area contributed by atoms with Gasteiger partial charge in [0.15, 0.2) is 9.84 Å². The average Bonchev–Trinajstić information content (AvgIpc) is 3.32. The Kier molecular flexibility index (Phi) is 6.83. The number of carbonyl (C=O) groups is 1. The molecule has 1 saturated heterocycles. The lowest BCUT2D eigenvalue weighted by molar-refractivity contribution is -0.139. The van der Waals surface area contributed by atoms with Crippen molar-refractivity contribution < 1.29 is 30.8 Å². The van der Waals surface area contributed by atoms with Gasteiger partial charge in [-0.2, -0.15) is 13.2 Å². The molecular weight excluding hydrogens is 431 g/mol. The van der Waals surface area contributed by atoms with Crippen molar-refractivity contribution in [1.82, 2.24) is 4.90 Å². The molecule has 0 unspecified atom stereocenters. The molecule has 0 saturated carbocycles. The van der Waals surface area contributed by atoms with E-state index in [-0.39, 0.29) is 41.2 Å².